The number of aromatic hydroxyl groups is 1. The van der Waals surface area contributed by atoms with Crippen LogP contribution in [0.2, 0.25) is 0 Å². The Hall–Kier alpha value is -4.22. The van der Waals surface area contributed by atoms with Gasteiger partial charge in [0.15, 0.2) is 11.4 Å². The van der Waals surface area contributed by atoms with Gasteiger partial charge in [-0.3, -0.25) is 24.3 Å². The zero-order valence-electron chi connectivity index (χ0n) is 20.9. The fraction of sp³-hybridized carbons (Fsp3) is 0.333. The van der Waals surface area contributed by atoms with E-state index in [4.69, 9.17) is 10.5 Å². The second kappa shape index (κ2) is 8.67. The van der Waals surface area contributed by atoms with Crippen LogP contribution in [0, 0.1) is 11.8 Å². The monoisotopic (exact) mass is 521 g/mol. The van der Waals surface area contributed by atoms with E-state index in [9.17, 15) is 34.8 Å². The number of ether oxygens (including phenoxy) is 1. The first-order valence-electron chi connectivity index (χ1n) is 11.9. The van der Waals surface area contributed by atoms with Crippen molar-refractivity contribution in [2.45, 2.75) is 24.5 Å². The Labute approximate surface area is 217 Å². The van der Waals surface area contributed by atoms with Crippen LogP contribution in [-0.2, 0) is 16.0 Å². The number of carbonyl (C=O) groups is 3. The Kier molecular flexibility index (Phi) is 5.80. The molecule has 11 heteroatoms. The van der Waals surface area contributed by atoms with Crippen LogP contribution in [-0.4, -0.2) is 80.6 Å². The van der Waals surface area contributed by atoms with Gasteiger partial charge >= 0.3 is 0 Å². The summed E-state index contributed by atoms with van der Waals surface area (Å²) in [6.07, 6.45) is 3.30. The maximum Gasteiger partial charge on any atom is 0.255 e. The molecule has 1 aromatic heterocycles. The average Bonchev–Trinajstić information content (AvgIpc) is 2.86. The van der Waals surface area contributed by atoms with Gasteiger partial charge in [-0.1, -0.05) is 6.07 Å². The SMILES string of the molecule is COc1ccncc1-c1ccc(O)c2c1C[C@@H]1C[C@@H]3[C@@H](N(C)C)C(O)=C(C(N)=O)C(=O)[C@@]3(O)C(O)=C1C2=O. The number of phenolic OH excluding ortho intramolecular Hbond substituents is 1. The number of methoxy groups -OCH3 is 1. The number of phenols is 1. The van der Waals surface area contributed by atoms with Gasteiger partial charge in [-0.05, 0) is 56.1 Å². The first-order valence-corrected chi connectivity index (χ1v) is 11.9. The van der Waals surface area contributed by atoms with E-state index < -0.39 is 58.0 Å². The number of ketones is 2. The summed E-state index contributed by atoms with van der Waals surface area (Å²) in [7, 11) is 4.66. The molecule has 0 saturated heterocycles. The predicted molar refractivity (Wildman–Crippen MR) is 133 cm³/mol. The largest absolute Gasteiger partial charge is 0.510 e. The molecule has 1 heterocycles. The van der Waals surface area contributed by atoms with Gasteiger partial charge in [-0.25, -0.2) is 0 Å². The van der Waals surface area contributed by atoms with Gasteiger partial charge in [0.1, 0.15) is 28.6 Å². The Morgan fingerprint density at radius 2 is 1.87 bits per heavy atom. The van der Waals surface area contributed by atoms with Gasteiger partial charge < -0.3 is 30.9 Å². The molecule has 11 nitrogen and oxygen atoms in total. The maximum atomic E-state index is 13.8. The zero-order chi connectivity index (χ0) is 27.7. The molecule has 0 bridgehead atoms. The van der Waals surface area contributed by atoms with Gasteiger partial charge in [-0.2, -0.15) is 0 Å². The molecule has 4 atom stereocenters. The summed E-state index contributed by atoms with van der Waals surface area (Å²) in [5, 5.41) is 44.6. The molecule has 2 aromatic rings. The van der Waals surface area contributed by atoms with Crippen molar-refractivity contribution in [3.05, 3.63) is 64.4 Å². The Bertz CT molecular complexity index is 1480. The van der Waals surface area contributed by atoms with Crippen LogP contribution in [0.1, 0.15) is 22.3 Å². The van der Waals surface area contributed by atoms with Gasteiger partial charge in [0.2, 0.25) is 5.78 Å². The van der Waals surface area contributed by atoms with E-state index in [-0.39, 0.29) is 29.7 Å². The van der Waals surface area contributed by atoms with Crippen molar-refractivity contribution < 1.29 is 39.5 Å². The maximum absolute atomic E-state index is 13.8. The predicted octanol–water partition coefficient (Wildman–Crippen LogP) is 1.19. The summed E-state index contributed by atoms with van der Waals surface area (Å²) in [5.74, 6) is -6.41. The highest BCUT2D eigenvalue weighted by atomic mass is 16.5. The lowest BCUT2D eigenvalue weighted by molar-refractivity contribution is -0.148. The molecule has 0 fully saturated rings. The van der Waals surface area contributed by atoms with Crippen LogP contribution in [0.15, 0.2) is 53.3 Å². The molecular weight excluding hydrogens is 494 g/mol. The number of aliphatic hydroxyl groups is 3. The number of nitrogens with two attached hydrogens (primary N) is 1. The summed E-state index contributed by atoms with van der Waals surface area (Å²) >= 11 is 0. The summed E-state index contributed by atoms with van der Waals surface area (Å²) < 4.78 is 5.47. The van der Waals surface area contributed by atoms with Gasteiger partial charge in [0.25, 0.3) is 5.91 Å². The lowest BCUT2D eigenvalue weighted by Gasteiger charge is -2.50. The van der Waals surface area contributed by atoms with Gasteiger partial charge in [-0.15, -0.1) is 0 Å². The van der Waals surface area contributed by atoms with E-state index in [0.717, 1.165) is 0 Å². The summed E-state index contributed by atoms with van der Waals surface area (Å²) in [6, 6.07) is 3.60. The number of amides is 1. The minimum absolute atomic E-state index is 0.00499. The van der Waals surface area contributed by atoms with Crippen molar-refractivity contribution in [3.8, 4) is 22.6 Å². The standard InChI is InChI=1S/C27H27N3O8/c1-30(2)21-15-9-11-8-13-12(14-10-29-7-6-17(14)38-3)4-5-16(31)19(13)22(32)18(11)24(34)27(15,37)25(35)20(23(21)33)26(28)36/h4-7,10-11,15,21,31,33-34,37H,8-9H2,1-3H3,(H2,28,36)/t11-,15-,21-,27+/m1/s1. The minimum Gasteiger partial charge on any atom is -0.510 e. The molecule has 3 aliphatic carbocycles. The Morgan fingerprint density at radius 3 is 2.50 bits per heavy atom. The van der Waals surface area contributed by atoms with Crippen LogP contribution in [0.4, 0.5) is 0 Å². The first-order chi connectivity index (χ1) is 17.9. The second-order valence-corrected chi connectivity index (χ2v) is 10.0. The van der Waals surface area contributed by atoms with E-state index in [2.05, 4.69) is 4.98 Å². The number of rotatable bonds is 4. The van der Waals surface area contributed by atoms with Crippen molar-refractivity contribution in [1.82, 2.24) is 9.88 Å². The summed E-state index contributed by atoms with van der Waals surface area (Å²) in [4.78, 5) is 44.9. The molecular formula is C27H27N3O8. The van der Waals surface area contributed by atoms with Crippen molar-refractivity contribution in [2.75, 3.05) is 21.2 Å². The lowest BCUT2D eigenvalue weighted by atomic mass is 9.58. The highest BCUT2D eigenvalue weighted by Crippen LogP contribution is 2.53. The number of hydrogen-bond donors (Lipinski definition) is 5. The molecule has 0 radical (unpaired) electrons. The number of hydrogen-bond acceptors (Lipinski definition) is 10. The van der Waals surface area contributed by atoms with Crippen LogP contribution >= 0.6 is 0 Å². The summed E-state index contributed by atoms with van der Waals surface area (Å²) in [5.41, 5.74) is 3.23. The average molecular weight is 522 g/mol. The third-order valence-corrected chi connectivity index (χ3v) is 7.90. The van der Waals surface area contributed by atoms with E-state index in [0.29, 0.717) is 22.4 Å². The number of fused-ring (bicyclic) bond motifs is 3. The number of aliphatic hydroxyl groups excluding tert-OH is 2. The molecule has 5 rings (SSSR count). The fourth-order valence-corrected chi connectivity index (χ4v) is 6.26. The van der Waals surface area contributed by atoms with Gasteiger partial charge in [0, 0.05) is 29.4 Å². The number of nitrogens with zero attached hydrogens (tertiary/aromatic N) is 2. The Balaban J connectivity index is 1.74. The zero-order valence-corrected chi connectivity index (χ0v) is 20.9. The van der Waals surface area contributed by atoms with Crippen molar-refractivity contribution >= 4 is 17.5 Å². The molecule has 0 aliphatic heterocycles. The first kappa shape index (κ1) is 25.4. The molecule has 38 heavy (non-hydrogen) atoms. The van der Waals surface area contributed by atoms with E-state index in [1.165, 1.54) is 18.1 Å². The van der Waals surface area contributed by atoms with Crippen molar-refractivity contribution in [3.63, 3.8) is 0 Å². The quantitative estimate of drug-likeness (QED) is 0.366. The third-order valence-electron chi connectivity index (χ3n) is 7.90. The number of aromatic nitrogens is 1. The molecule has 0 unspecified atom stereocenters. The second-order valence-electron chi connectivity index (χ2n) is 10.0. The molecule has 0 spiro atoms. The van der Waals surface area contributed by atoms with Crippen LogP contribution in [0.25, 0.3) is 11.1 Å². The number of primary amides is 1. The highest BCUT2D eigenvalue weighted by Gasteiger charge is 2.63. The van der Waals surface area contributed by atoms with Crippen molar-refractivity contribution in [1.29, 1.82) is 0 Å². The smallest absolute Gasteiger partial charge is 0.255 e. The summed E-state index contributed by atoms with van der Waals surface area (Å²) in [6.45, 7) is 0. The number of likely N-dealkylation sites (N-methyl/N-ethyl adjacent to an activating group) is 1. The molecule has 198 valence electrons. The number of pyridine rings is 1. The lowest BCUT2D eigenvalue weighted by Crippen LogP contribution is -2.63. The molecule has 1 aromatic carbocycles. The number of carbonyl (C=O) groups excluding carboxylic acids is 3. The molecule has 6 N–H and O–H groups in total. The number of allylic oxidation sites excluding steroid dienone is 1. The number of Topliss-reactive ketones (excluding diaryl/α,β-unsaturated/α-hetero) is 2. The minimum atomic E-state index is -2.68. The van der Waals surface area contributed by atoms with Crippen molar-refractivity contribution in [2.24, 2.45) is 17.6 Å². The Morgan fingerprint density at radius 1 is 1.16 bits per heavy atom. The van der Waals surface area contributed by atoms with E-state index in [1.54, 1.807) is 38.6 Å². The molecule has 0 saturated carbocycles. The van der Waals surface area contributed by atoms with Crippen LogP contribution in [0.5, 0.6) is 11.5 Å². The topological polar surface area (TPSA) is 184 Å². The fourth-order valence-electron chi connectivity index (χ4n) is 6.26. The molecule has 3 aliphatic rings. The number of benzene rings is 1. The van der Waals surface area contributed by atoms with E-state index in [1.807, 2.05) is 0 Å². The van der Waals surface area contributed by atoms with Crippen LogP contribution in [0.3, 0.4) is 0 Å². The highest BCUT2D eigenvalue weighted by molar-refractivity contribution is 6.24. The van der Waals surface area contributed by atoms with Gasteiger partial charge in [0.05, 0.1) is 18.7 Å². The van der Waals surface area contributed by atoms with Crippen LogP contribution < -0.4 is 10.5 Å². The normalized spacial score (nSPS) is 26.7. The third kappa shape index (κ3) is 3.28. The van der Waals surface area contributed by atoms with E-state index >= 15 is 0 Å². The molecule has 1 amide bonds.